The molecule has 0 aromatic heterocycles. The predicted octanol–water partition coefficient (Wildman–Crippen LogP) is 14.3. The van der Waals surface area contributed by atoms with Gasteiger partial charge in [0, 0.05) is 186 Å². The first-order chi connectivity index (χ1) is 78.2. The quantitative estimate of drug-likeness (QED) is 0.0303. The van der Waals surface area contributed by atoms with Gasteiger partial charge in [-0.25, -0.2) is 0 Å². The second-order valence-electron chi connectivity index (χ2n) is 31.8. The molecule has 0 amide bonds. The maximum Gasteiger partial charge on any atom is 0.323 e. The minimum absolute atomic E-state index is 0.00225. The third-order valence-electron chi connectivity index (χ3n) is 21.8. The van der Waals surface area contributed by atoms with Gasteiger partial charge in [-0.15, -0.1) is 0 Å². The zero-order valence-corrected chi connectivity index (χ0v) is 69.9. The van der Waals surface area contributed by atoms with Crippen LogP contribution in [-0.4, -0.2) is 201 Å². The Labute approximate surface area is 796 Å². The van der Waals surface area contributed by atoms with E-state index >= 15 is 0 Å². The second kappa shape index (κ2) is 43.9. The number of fused-ring (bicyclic) bond motifs is 12. The largest absolute Gasteiger partial charge is 0.493 e. The number of methoxy groups -OCH3 is 8. The van der Waals surface area contributed by atoms with Gasteiger partial charge in [0.25, 0.3) is 0 Å². The van der Waals surface area contributed by atoms with Gasteiger partial charge in [0.1, 0.15) is 48.5 Å². The molecule has 24 heteroatoms. The number of hydrogen-bond acceptors (Lipinski definition) is 24. The van der Waals surface area contributed by atoms with Crippen molar-refractivity contribution in [3.05, 3.63) is 93.0 Å². The van der Waals surface area contributed by atoms with E-state index in [1.165, 1.54) is 98.7 Å². The van der Waals surface area contributed by atoms with E-state index in [1.54, 1.807) is 13.8 Å². The van der Waals surface area contributed by atoms with Crippen molar-refractivity contribution >= 4 is 23.9 Å². The zero-order valence-electron chi connectivity index (χ0n) is 125. The molecule has 120 heavy (non-hydrogen) atoms. The lowest BCUT2D eigenvalue weighted by molar-refractivity contribution is -0.161. The molecule has 4 saturated heterocycles. The van der Waals surface area contributed by atoms with Gasteiger partial charge >= 0.3 is 23.9 Å². The summed E-state index contributed by atoms with van der Waals surface area (Å²) in [5.74, 6) is -25.8. The van der Waals surface area contributed by atoms with E-state index in [1.807, 2.05) is 41.5 Å². The molecule has 8 heterocycles. The topological polar surface area (TPSA) is 296 Å². The highest BCUT2D eigenvalue weighted by molar-refractivity contribution is 5.77. The van der Waals surface area contributed by atoms with Crippen molar-refractivity contribution in [2.75, 3.05) is 109 Å². The van der Waals surface area contributed by atoms with Gasteiger partial charge in [0.2, 0.25) is 0 Å². The van der Waals surface area contributed by atoms with Crippen LogP contribution < -0.4 is 60.8 Å². The molecule has 0 radical (unpaired) electrons. The van der Waals surface area contributed by atoms with E-state index in [9.17, 15) is 20.5 Å². The average molecular weight is 1730 g/mol. The van der Waals surface area contributed by atoms with Crippen LogP contribution in [0, 0.1) is 70.9 Å². The van der Waals surface area contributed by atoms with E-state index in [4.69, 9.17) is 154 Å². The lowest BCUT2D eigenvalue weighted by Gasteiger charge is -2.47. The predicted molar refractivity (Wildman–Crippen MR) is 471 cm³/mol. The Hall–Kier alpha value is -7.16. The SMILES string of the molecule is [2H]C([2H])([2H])C([2H])(C([2H])([2H])[2H])[C@]([2H])(N)C(=O)OC1CC2c3cc(OC)c(OC)cc3C([2H])([2H])C([2H])([2H])N2CC1CC(C)C.[2H]C([2H])([2H])Oc1cc2c(cc1OC)C1CC(OC(=O)[C@@]([2H])(N)C([2H])(C([2H])([2H])[2H])C([2H])([2H])[2H])C(CC(C)C)CN1C([2H])([2H])C2([2H])[2H].[2H]C([2H])([2H])Oc1cc2c(cc1OC)C1CC(OC(=O)[C@@]([2H])(N)C([2H])(C([2H])([2H])[2H])C([2H])([2H])[2H])C(CC(C)C)CN1C([2H])([2H])C2([2H])[2H].[2H]C1(OC(=O)[C@@]([2H])(N)C([2H])(C([2H])([2H])[2H])C([2H])([2H])[2H])CC2c3cc(OC)c(OC)cc3C([2H])([2H])C([2H])([2H])N2CC1CC(C)C. The number of aryl methyl sites for hydroxylation is 4. The second-order valence-corrected chi connectivity index (χ2v) is 31.8. The first-order valence-electron chi connectivity index (χ1n) is 66.7. The van der Waals surface area contributed by atoms with Crippen molar-refractivity contribution in [1.29, 1.82) is 0 Å². The van der Waals surface area contributed by atoms with Crippen molar-refractivity contribution < 1.29 is 151 Å². The van der Waals surface area contributed by atoms with Crippen LogP contribution in [0.2, 0.25) is 0 Å². The van der Waals surface area contributed by atoms with E-state index in [0.29, 0.717) is 24.8 Å². The van der Waals surface area contributed by atoms with Crippen LogP contribution in [0.4, 0.5) is 0 Å². The summed E-state index contributed by atoms with van der Waals surface area (Å²) < 4.78 is 510. The van der Waals surface area contributed by atoms with E-state index in [-0.39, 0.29) is 160 Å². The summed E-state index contributed by atoms with van der Waals surface area (Å²) in [5, 5.41) is 0. The Morgan fingerprint density at radius 3 is 0.825 bits per heavy atom. The summed E-state index contributed by atoms with van der Waals surface area (Å²) in [4.78, 5) is 58.8. The maximum atomic E-state index is 13.5. The molecular formula is C96H152N8O16. The Bertz CT molecular complexity index is 6240. The van der Waals surface area contributed by atoms with Crippen LogP contribution in [0.3, 0.4) is 0 Å². The summed E-state index contributed by atoms with van der Waals surface area (Å²) in [6.07, 6.45) is -16.3. The average Bonchev–Trinajstić information content (AvgIpc) is 0.709. The number of benzene rings is 4. The number of nitrogens with two attached hydrogens (primary N) is 4. The van der Waals surface area contributed by atoms with Crippen molar-refractivity contribution in [2.24, 2.45) is 93.9 Å². The fourth-order valence-corrected chi connectivity index (χ4v) is 16.2. The normalized spacial score (nSPS) is 38.1. The third kappa shape index (κ3) is 23.8. The highest BCUT2D eigenvalue weighted by atomic mass is 16.6. The lowest BCUT2D eigenvalue weighted by Crippen LogP contribution is -2.51. The molecule has 8 aliphatic rings. The van der Waals surface area contributed by atoms with Gasteiger partial charge in [0.05, 0.1) is 71.8 Å². The van der Waals surface area contributed by atoms with Crippen molar-refractivity contribution in [3.8, 4) is 46.0 Å². The van der Waals surface area contributed by atoms with Crippen molar-refractivity contribution in [3.63, 3.8) is 0 Å². The maximum absolute atomic E-state index is 13.5. The van der Waals surface area contributed by atoms with Gasteiger partial charge in [0.15, 0.2) is 46.0 Å². The molecule has 4 aromatic rings. The van der Waals surface area contributed by atoms with Crippen LogP contribution in [0.25, 0.3) is 0 Å². The molecule has 0 bridgehead atoms. The standard InChI is InChI=1S/4C24H38N2O4/c4*1-14(2)9-17-13-26-8-7-16-10-21(28-5)22(29-6)11-18(16)19(26)12-20(17)30-24(27)23(25)15(3)4/h4*10-11,14-15,17,19-20,23H,7-9,12-13,25H2,1-6H3/t4*17?,19?,20?,23-/m0000/s1/i3D3,4D3,7D2,8D2,15D,20D,23D;2*3D3,4D3,5D3,7D2,8D2,15D,23D;3D3,4D3,7D2,8D2,15D,23D. The highest BCUT2D eigenvalue weighted by Crippen LogP contribution is 2.50. The molecule has 8 aliphatic heterocycles. The number of rotatable bonds is 28. The molecule has 672 valence electrons. The van der Waals surface area contributed by atoms with Crippen LogP contribution >= 0.6 is 0 Å². The summed E-state index contributed by atoms with van der Waals surface area (Å²) in [7, 11) is 2.01. The Morgan fingerprint density at radius 1 is 0.358 bits per heavy atom. The molecule has 16 atom stereocenters. The lowest BCUT2D eigenvalue weighted by atomic mass is 9.79. The molecule has 4 fully saturated rings. The van der Waals surface area contributed by atoms with Gasteiger partial charge in [-0.05, 0) is 191 Å². The highest BCUT2D eigenvalue weighted by Gasteiger charge is 2.47. The minimum Gasteiger partial charge on any atom is -0.493 e. The van der Waals surface area contributed by atoms with Crippen molar-refractivity contribution in [2.45, 2.75) is 260 Å². The monoisotopic (exact) mass is 1730 g/mol. The molecular weight excluding hydrogens is 1520 g/mol. The van der Waals surface area contributed by atoms with Crippen LogP contribution in [0.1, 0.15) is 306 Å². The number of ether oxygens (including phenoxy) is 12. The van der Waals surface area contributed by atoms with E-state index in [0.717, 1.165) is 12.1 Å². The molecule has 0 saturated carbocycles. The minimum atomic E-state index is -3.83. The van der Waals surface area contributed by atoms with E-state index in [2.05, 4.69) is 0 Å². The van der Waals surface area contributed by atoms with Gasteiger partial charge in [-0.1, -0.05) is 110 Å². The molecule has 12 unspecified atom stereocenters. The summed E-state index contributed by atoms with van der Waals surface area (Å²) in [5.41, 5.74) is 23.3. The molecule has 0 spiro atoms. The number of piperidine rings is 4. The molecule has 8 N–H and O–H groups in total. The fourth-order valence-electron chi connectivity index (χ4n) is 16.2. The van der Waals surface area contributed by atoms with Crippen LogP contribution in [0.5, 0.6) is 46.0 Å². The van der Waals surface area contributed by atoms with E-state index < -0.39 is 271 Å². The Morgan fingerprint density at radius 2 is 0.583 bits per heavy atom. The number of esters is 4. The molecule has 0 aliphatic carbocycles. The zero-order chi connectivity index (χ0) is 136. The van der Waals surface area contributed by atoms with Crippen molar-refractivity contribution in [1.82, 2.24) is 19.6 Å². The first-order valence-corrected chi connectivity index (χ1v) is 39.2. The van der Waals surface area contributed by atoms with Crippen LogP contribution in [0.15, 0.2) is 48.5 Å². The summed E-state index contributed by atoms with van der Waals surface area (Å²) >= 11 is 0. The van der Waals surface area contributed by atoms with Gasteiger partial charge in [-0.2, -0.15) is 0 Å². The number of carbonyl (C=O) groups excluding carboxylic acids is 4. The number of nitrogens with zero attached hydrogens (tertiary/aromatic N) is 4. The smallest absolute Gasteiger partial charge is 0.323 e. The number of carbonyl (C=O) groups is 4. The van der Waals surface area contributed by atoms with Gasteiger partial charge in [-0.3, -0.25) is 38.8 Å². The number of hydrogen-bond donors (Lipinski definition) is 4. The molecule has 24 nitrogen and oxygen atoms in total. The Kier molecular flexibility index (Phi) is 16.7. The summed E-state index contributed by atoms with van der Waals surface area (Å²) in [6.45, 7) is -26.3. The molecule has 12 rings (SSSR count). The molecule has 4 aromatic carbocycles. The Balaban J connectivity index is 0.000000255. The van der Waals surface area contributed by atoms with Gasteiger partial charge < -0.3 is 79.8 Å². The summed E-state index contributed by atoms with van der Waals surface area (Å²) in [6, 6.07) is -8.08. The third-order valence-corrected chi connectivity index (χ3v) is 21.8. The fraction of sp³-hybridized carbons (Fsp3) is 0.708. The first kappa shape index (κ1) is 45.6. The van der Waals surface area contributed by atoms with Crippen LogP contribution in [-0.2, 0) is 63.6 Å².